The number of benzene rings is 3. The lowest BCUT2D eigenvalue weighted by atomic mass is 9.57. The van der Waals surface area contributed by atoms with Crippen molar-refractivity contribution < 1.29 is 34.6 Å². The molecule has 5 heterocycles. The van der Waals surface area contributed by atoms with Crippen LogP contribution < -0.4 is 15.8 Å². The molecule has 1 fully saturated rings. The third kappa shape index (κ3) is 7.88. The molecular formula is C50H59N3O7. The number of nitrogens with zero attached hydrogens (tertiary/aromatic N) is 1. The summed E-state index contributed by atoms with van der Waals surface area (Å²) in [6.45, 7) is 3.91. The van der Waals surface area contributed by atoms with E-state index in [0.29, 0.717) is 56.1 Å². The monoisotopic (exact) mass is 813 g/mol. The Hall–Kier alpha value is -4.60. The van der Waals surface area contributed by atoms with Gasteiger partial charge in [-0.3, -0.25) is 0 Å². The zero-order valence-electron chi connectivity index (χ0n) is 34.7. The van der Waals surface area contributed by atoms with E-state index in [0.717, 1.165) is 77.4 Å². The van der Waals surface area contributed by atoms with E-state index in [-0.39, 0.29) is 55.5 Å². The van der Waals surface area contributed by atoms with Crippen LogP contribution in [0.4, 0.5) is 0 Å². The molecule has 1 unspecified atom stereocenters. The van der Waals surface area contributed by atoms with Crippen molar-refractivity contribution in [2.45, 2.75) is 108 Å². The first-order valence-electron chi connectivity index (χ1n) is 22.0. The Morgan fingerprint density at radius 2 is 1.85 bits per heavy atom. The van der Waals surface area contributed by atoms with E-state index in [1.807, 2.05) is 12.1 Å². The maximum Gasteiger partial charge on any atom is 0.161 e. The van der Waals surface area contributed by atoms with Gasteiger partial charge in [0.2, 0.25) is 0 Å². The molecule has 9 rings (SSSR count). The van der Waals surface area contributed by atoms with Crippen LogP contribution in [0.1, 0.15) is 91.7 Å². The first kappa shape index (κ1) is 40.8. The number of nitrogens with one attached hydrogen (secondary N) is 1. The molecule has 5 aliphatic rings. The fourth-order valence-electron chi connectivity index (χ4n) is 10.8. The predicted molar refractivity (Wildman–Crippen MR) is 232 cm³/mol. The van der Waals surface area contributed by atoms with Gasteiger partial charge < -0.3 is 50.3 Å². The number of hydrogen-bond donors (Lipinski definition) is 6. The second kappa shape index (κ2) is 17.4. The largest absolute Gasteiger partial charge is 0.504 e. The number of aromatic hydroxyl groups is 1. The molecule has 7 atom stereocenters. The van der Waals surface area contributed by atoms with Gasteiger partial charge in [0.1, 0.15) is 12.4 Å². The maximum atomic E-state index is 11.6. The Labute approximate surface area is 353 Å². The molecule has 4 aromatic rings. The van der Waals surface area contributed by atoms with Gasteiger partial charge in [0.25, 0.3) is 0 Å². The van der Waals surface area contributed by atoms with Gasteiger partial charge in [-0.2, -0.15) is 0 Å². The van der Waals surface area contributed by atoms with E-state index in [1.54, 1.807) is 6.07 Å². The van der Waals surface area contributed by atoms with Crippen molar-refractivity contribution in [3.05, 3.63) is 112 Å². The molecule has 4 aliphatic heterocycles. The molecule has 1 aliphatic carbocycles. The minimum atomic E-state index is -0.671. The number of aliphatic hydroxyl groups is 3. The second-order valence-corrected chi connectivity index (χ2v) is 17.7. The first-order valence-corrected chi connectivity index (χ1v) is 22.0. The smallest absolute Gasteiger partial charge is 0.161 e. The zero-order chi connectivity index (χ0) is 41.4. The number of aryl methyl sites for hydroxylation is 2. The van der Waals surface area contributed by atoms with Gasteiger partial charge in [-0.15, -0.1) is 0 Å². The van der Waals surface area contributed by atoms with Gasteiger partial charge in [0.15, 0.2) is 11.5 Å². The van der Waals surface area contributed by atoms with E-state index in [1.165, 1.54) is 16.7 Å². The van der Waals surface area contributed by atoms with Crippen molar-refractivity contribution in [2.75, 3.05) is 26.4 Å². The van der Waals surface area contributed by atoms with Gasteiger partial charge >= 0.3 is 0 Å². The van der Waals surface area contributed by atoms with Gasteiger partial charge in [-0.05, 0) is 134 Å². The Bertz CT molecular complexity index is 2350. The van der Waals surface area contributed by atoms with Crippen molar-refractivity contribution in [2.24, 2.45) is 23.5 Å². The maximum absolute atomic E-state index is 11.6. The van der Waals surface area contributed by atoms with Gasteiger partial charge in [-0.1, -0.05) is 49.1 Å². The number of fused-ring (bicyclic) bond motifs is 9. The van der Waals surface area contributed by atoms with Crippen LogP contribution in [0.2, 0.25) is 0 Å². The predicted octanol–water partition coefficient (Wildman–Crippen LogP) is 6.57. The van der Waals surface area contributed by atoms with Crippen LogP contribution in [-0.4, -0.2) is 69.8 Å². The van der Waals surface area contributed by atoms with Gasteiger partial charge in [0, 0.05) is 58.9 Å². The van der Waals surface area contributed by atoms with Crippen molar-refractivity contribution >= 4 is 16.6 Å². The minimum Gasteiger partial charge on any atom is -0.504 e. The molecule has 1 saturated heterocycles. The molecular weight excluding hydrogens is 755 g/mol. The second-order valence-electron chi connectivity index (χ2n) is 17.7. The third-order valence-electron chi connectivity index (χ3n) is 14.1. The quantitative estimate of drug-likeness (QED) is 0.123. The Morgan fingerprint density at radius 1 is 0.983 bits per heavy atom. The summed E-state index contributed by atoms with van der Waals surface area (Å²) in [6, 6.07) is 17.0. The highest BCUT2D eigenvalue weighted by Crippen LogP contribution is 2.52. The summed E-state index contributed by atoms with van der Waals surface area (Å²) >= 11 is 0. The van der Waals surface area contributed by atoms with Crippen molar-refractivity contribution in [3.8, 4) is 23.3 Å². The van der Waals surface area contributed by atoms with Crippen LogP contribution in [-0.2, 0) is 40.9 Å². The molecule has 10 nitrogen and oxygen atoms in total. The molecule has 7 N–H and O–H groups in total. The summed E-state index contributed by atoms with van der Waals surface area (Å²) in [6.07, 6.45) is 12.3. The summed E-state index contributed by atoms with van der Waals surface area (Å²) in [7, 11) is 0. The topological polar surface area (TPSA) is 152 Å². The van der Waals surface area contributed by atoms with Crippen LogP contribution in [0.3, 0.4) is 0 Å². The number of aliphatic hydroxyl groups excluding tert-OH is 3. The first-order chi connectivity index (χ1) is 29.2. The summed E-state index contributed by atoms with van der Waals surface area (Å²) in [5.74, 6) is 8.84. The van der Waals surface area contributed by atoms with Crippen molar-refractivity contribution in [1.29, 1.82) is 0 Å². The minimum absolute atomic E-state index is 0.0356. The molecule has 0 amide bonds. The molecule has 0 spiro atoms. The summed E-state index contributed by atoms with van der Waals surface area (Å²) in [4.78, 5) is 0. The van der Waals surface area contributed by atoms with Gasteiger partial charge in [-0.25, -0.2) is 0 Å². The number of ether oxygens (including phenoxy) is 3. The van der Waals surface area contributed by atoms with Crippen LogP contribution in [0, 0.1) is 29.6 Å². The molecule has 0 radical (unpaired) electrons. The number of dihydropyridines is 1. The highest BCUT2D eigenvalue weighted by atomic mass is 16.5. The van der Waals surface area contributed by atoms with Crippen molar-refractivity contribution in [3.63, 3.8) is 0 Å². The highest BCUT2D eigenvalue weighted by Gasteiger charge is 2.47. The van der Waals surface area contributed by atoms with E-state index in [2.05, 4.69) is 77.4 Å². The van der Waals surface area contributed by atoms with E-state index in [9.17, 15) is 20.4 Å². The van der Waals surface area contributed by atoms with Crippen LogP contribution in [0.5, 0.6) is 11.5 Å². The molecule has 60 heavy (non-hydrogen) atoms. The summed E-state index contributed by atoms with van der Waals surface area (Å²) < 4.78 is 21.7. The van der Waals surface area contributed by atoms with E-state index < -0.39 is 12.3 Å². The lowest BCUT2D eigenvalue weighted by Gasteiger charge is -2.49. The lowest BCUT2D eigenvalue weighted by molar-refractivity contribution is 0.00498. The molecule has 6 bridgehead atoms. The number of rotatable bonds is 5. The highest BCUT2D eigenvalue weighted by molar-refractivity contribution is 5.88. The summed E-state index contributed by atoms with van der Waals surface area (Å²) in [5, 5.41) is 48.5. The third-order valence-corrected chi connectivity index (χ3v) is 14.1. The molecule has 3 aromatic carbocycles. The summed E-state index contributed by atoms with van der Waals surface area (Å²) in [5.41, 5.74) is 14.6. The molecule has 10 heteroatoms. The van der Waals surface area contributed by atoms with Crippen LogP contribution in [0.25, 0.3) is 16.6 Å². The molecule has 0 saturated carbocycles. The number of phenolic OH excluding ortho intramolecular Hbond substituents is 1. The van der Waals surface area contributed by atoms with Crippen molar-refractivity contribution in [1.82, 2.24) is 9.88 Å². The molecule has 1 aromatic heterocycles. The number of aromatic nitrogens is 1. The molecule has 316 valence electrons. The Morgan fingerprint density at radius 3 is 2.72 bits per heavy atom. The number of phenols is 1. The SMILES string of the molecule is C[C@H]1C#CC2=CC(N)NC3=C2CO[C@@H](CC[C@@H]1CCCO)C[C@H](O)CCc1cc(c(O)cc1CO)OCc1cc([C@@]24CCOC[C@H]2CCc2ccccc24)cc2cn3cc12. The van der Waals surface area contributed by atoms with E-state index >= 15 is 0 Å². The van der Waals surface area contributed by atoms with Crippen LogP contribution >= 0.6 is 0 Å². The average Bonchev–Trinajstić information content (AvgIpc) is 3.69. The average molecular weight is 814 g/mol. The van der Waals surface area contributed by atoms with E-state index in [4.69, 9.17) is 19.9 Å². The van der Waals surface area contributed by atoms with Crippen LogP contribution in [0.15, 0.2) is 78.1 Å². The normalized spacial score (nSPS) is 28.2. The number of hydrogen-bond acceptors (Lipinski definition) is 9. The fourth-order valence-corrected chi connectivity index (χ4v) is 10.8. The zero-order valence-corrected chi connectivity index (χ0v) is 34.7. The van der Waals surface area contributed by atoms with Gasteiger partial charge in [0.05, 0.1) is 38.2 Å². The Balaban J connectivity index is 1.23. The lowest BCUT2D eigenvalue weighted by Crippen LogP contribution is -2.47. The Kier molecular flexibility index (Phi) is 11.8. The number of nitrogens with two attached hydrogens (primary N) is 1. The fraction of sp³-hybridized carbons (Fsp3) is 0.480. The standard InChI is InChI=1S/C50H59N3O7/c1-31-8-9-35-23-48(51)52-49-44(35)30-59-42(15-12-32(31)6-4-17-54)24-41(56)14-11-34-22-47(46(57)21-37(34)27-55)60-28-38-20-40(19-36-25-53(49)26-43(36)38)50-16-18-58-29-39(50)13-10-33-5-2-3-7-45(33)50/h2-3,5,7,19-23,25-26,31-32,39,41-42,48,52,54-57H,4,6,10-18,24,27-30,51H2,1H3/t31-,32-,39+,41+,42-,48?,50+/m0/s1.